The number of furan rings is 1. The van der Waals surface area contributed by atoms with Crippen molar-refractivity contribution >= 4 is 29.3 Å². The lowest BCUT2D eigenvalue weighted by atomic mass is 10.2. The van der Waals surface area contributed by atoms with Crippen LogP contribution in [0.1, 0.15) is 27.4 Å². The molecule has 0 fully saturated rings. The van der Waals surface area contributed by atoms with Crippen molar-refractivity contribution < 1.29 is 19.1 Å². The maximum absolute atomic E-state index is 12.0. The molecule has 5 nitrogen and oxygen atoms in total. The number of carbonyl (C=O) groups is 2. The largest absolute Gasteiger partial charge is 0.478 e. The molecule has 110 valence electrons. The Morgan fingerprint density at radius 1 is 1.48 bits per heavy atom. The number of thiophene rings is 1. The first kappa shape index (κ1) is 15.1. The Balaban J connectivity index is 2.00. The molecule has 0 spiro atoms. The van der Waals surface area contributed by atoms with Gasteiger partial charge < -0.3 is 14.4 Å². The molecule has 2 rings (SSSR count). The van der Waals surface area contributed by atoms with E-state index in [4.69, 9.17) is 9.52 Å². The number of aromatic carboxylic acids is 1. The number of hydrogen-bond acceptors (Lipinski definition) is 4. The molecule has 21 heavy (non-hydrogen) atoms. The smallest absolute Gasteiger partial charge is 0.339 e. The second-order valence-electron chi connectivity index (χ2n) is 4.57. The summed E-state index contributed by atoms with van der Waals surface area (Å²) < 4.78 is 5.35. The van der Waals surface area contributed by atoms with Crippen LogP contribution in [0.2, 0.25) is 0 Å². The zero-order valence-corrected chi connectivity index (χ0v) is 12.5. The predicted octanol–water partition coefficient (Wildman–Crippen LogP) is 3.02. The van der Waals surface area contributed by atoms with E-state index in [1.165, 1.54) is 17.0 Å². The van der Waals surface area contributed by atoms with Crippen LogP contribution >= 0.6 is 11.3 Å². The molecular weight excluding hydrogens is 290 g/mol. The van der Waals surface area contributed by atoms with Gasteiger partial charge in [0.1, 0.15) is 17.1 Å². The average Bonchev–Trinajstić information content (AvgIpc) is 3.05. The molecule has 0 unspecified atom stereocenters. The highest BCUT2D eigenvalue weighted by Crippen LogP contribution is 2.16. The van der Waals surface area contributed by atoms with Crippen molar-refractivity contribution in [3.05, 3.63) is 51.6 Å². The van der Waals surface area contributed by atoms with Crippen LogP contribution in [-0.2, 0) is 11.3 Å². The zero-order valence-electron chi connectivity index (χ0n) is 11.7. The molecule has 0 aliphatic carbocycles. The minimum atomic E-state index is -1.03. The summed E-state index contributed by atoms with van der Waals surface area (Å²) in [6.07, 6.45) is 3.22. The topological polar surface area (TPSA) is 70.8 Å². The molecule has 0 radical (unpaired) electrons. The van der Waals surface area contributed by atoms with Crippen molar-refractivity contribution in [3.63, 3.8) is 0 Å². The third kappa shape index (κ3) is 3.82. The third-order valence-electron chi connectivity index (χ3n) is 2.93. The Hall–Kier alpha value is -2.34. The van der Waals surface area contributed by atoms with Crippen LogP contribution in [0.15, 0.2) is 33.4 Å². The zero-order chi connectivity index (χ0) is 15.4. The molecular formula is C15H15NO4S. The highest BCUT2D eigenvalue weighted by molar-refractivity contribution is 7.08. The Labute approximate surface area is 126 Å². The van der Waals surface area contributed by atoms with E-state index in [0.717, 1.165) is 5.56 Å². The first-order valence-corrected chi connectivity index (χ1v) is 7.19. The van der Waals surface area contributed by atoms with Crippen LogP contribution in [0.5, 0.6) is 0 Å². The Morgan fingerprint density at radius 2 is 2.24 bits per heavy atom. The molecule has 2 heterocycles. The molecule has 0 atom stereocenters. The Morgan fingerprint density at radius 3 is 2.81 bits per heavy atom. The molecule has 1 N–H and O–H groups in total. The monoisotopic (exact) mass is 305 g/mol. The van der Waals surface area contributed by atoms with Crippen LogP contribution in [0.4, 0.5) is 0 Å². The fourth-order valence-electron chi connectivity index (χ4n) is 1.81. The van der Waals surface area contributed by atoms with E-state index >= 15 is 0 Å². The fraction of sp³-hybridized carbons (Fsp3) is 0.200. The van der Waals surface area contributed by atoms with Gasteiger partial charge in [-0.25, -0.2) is 4.79 Å². The lowest BCUT2D eigenvalue weighted by Gasteiger charge is -2.12. The first-order valence-electron chi connectivity index (χ1n) is 6.25. The molecule has 0 bridgehead atoms. The number of nitrogens with zero attached hydrogens (tertiary/aromatic N) is 1. The van der Waals surface area contributed by atoms with Gasteiger partial charge in [-0.2, -0.15) is 11.3 Å². The van der Waals surface area contributed by atoms with Gasteiger partial charge in [-0.05, 0) is 41.5 Å². The number of likely N-dealkylation sites (N-methyl/N-ethyl adjacent to an activating group) is 1. The lowest BCUT2D eigenvalue weighted by molar-refractivity contribution is -0.125. The van der Waals surface area contributed by atoms with Crippen LogP contribution in [-0.4, -0.2) is 28.9 Å². The van der Waals surface area contributed by atoms with Gasteiger partial charge in [0.05, 0.1) is 6.54 Å². The Kier molecular flexibility index (Phi) is 4.59. The summed E-state index contributed by atoms with van der Waals surface area (Å²) in [7, 11) is 1.64. The summed E-state index contributed by atoms with van der Waals surface area (Å²) in [6.45, 7) is 1.81. The van der Waals surface area contributed by atoms with Crippen molar-refractivity contribution in [1.29, 1.82) is 0 Å². The number of amides is 1. The van der Waals surface area contributed by atoms with Gasteiger partial charge in [0.25, 0.3) is 0 Å². The molecule has 0 aliphatic heterocycles. The molecule has 0 aliphatic rings. The Bertz CT molecular complexity index is 670. The quantitative estimate of drug-likeness (QED) is 0.862. The summed E-state index contributed by atoms with van der Waals surface area (Å²) in [6, 6.07) is 3.37. The molecule has 0 saturated carbocycles. The van der Waals surface area contributed by atoms with Crippen molar-refractivity contribution in [2.75, 3.05) is 7.05 Å². The van der Waals surface area contributed by atoms with E-state index in [0.29, 0.717) is 11.5 Å². The standard InChI is InChI=1S/C15H15NO4S/c1-10-13(15(18)19)7-12(20-10)8-16(2)14(17)4-3-11-5-6-21-9-11/h3-7,9H,8H2,1-2H3,(H,18,19). The normalized spacial score (nSPS) is 11.0. The van der Waals surface area contributed by atoms with Crippen LogP contribution in [0.3, 0.4) is 0 Å². The summed E-state index contributed by atoms with van der Waals surface area (Å²) >= 11 is 1.56. The predicted molar refractivity (Wildman–Crippen MR) is 80.2 cm³/mol. The minimum Gasteiger partial charge on any atom is -0.478 e. The molecule has 2 aromatic rings. The van der Waals surface area contributed by atoms with Gasteiger partial charge in [0, 0.05) is 13.1 Å². The van der Waals surface area contributed by atoms with Crippen LogP contribution < -0.4 is 0 Å². The van der Waals surface area contributed by atoms with E-state index in [9.17, 15) is 9.59 Å². The summed E-state index contributed by atoms with van der Waals surface area (Å²) in [5.41, 5.74) is 1.10. The van der Waals surface area contributed by atoms with Gasteiger partial charge in [-0.1, -0.05) is 0 Å². The number of rotatable bonds is 5. The summed E-state index contributed by atoms with van der Waals surface area (Å²) in [4.78, 5) is 24.4. The second-order valence-corrected chi connectivity index (χ2v) is 5.35. The highest BCUT2D eigenvalue weighted by Gasteiger charge is 2.15. The van der Waals surface area contributed by atoms with Gasteiger partial charge in [0.15, 0.2) is 0 Å². The number of carboxylic acid groups (broad SMARTS) is 1. The van der Waals surface area contributed by atoms with E-state index in [1.807, 2.05) is 16.8 Å². The van der Waals surface area contributed by atoms with Crippen molar-refractivity contribution in [1.82, 2.24) is 4.90 Å². The van der Waals surface area contributed by atoms with E-state index in [1.54, 1.807) is 31.4 Å². The minimum absolute atomic E-state index is 0.125. The maximum Gasteiger partial charge on any atom is 0.339 e. The van der Waals surface area contributed by atoms with Gasteiger partial charge in [-0.15, -0.1) is 0 Å². The van der Waals surface area contributed by atoms with E-state index in [-0.39, 0.29) is 18.0 Å². The molecule has 0 aromatic carbocycles. The van der Waals surface area contributed by atoms with Crippen molar-refractivity contribution in [2.24, 2.45) is 0 Å². The first-order chi connectivity index (χ1) is 9.97. The van der Waals surface area contributed by atoms with Gasteiger partial charge in [0.2, 0.25) is 5.91 Å². The van der Waals surface area contributed by atoms with E-state index < -0.39 is 5.97 Å². The number of carbonyl (C=O) groups excluding carboxylic acids is 1. The summed E-state index contributed by atoms with van der Waals surface area (Å²) in [5, 5.41) is 12.8. The highest BCUT2D eigenvalue weighted by atomic mass is 32.1. The molecule has 2 aromatic heterocycles. The summed E-state index contributed by atoms with van der Waals surface area (Å²) in [5.74, 6) is -0.419. The van der Waals surface area contributed by atoms with Crippen LogP contribution in [0, 0.1) is 6.92 Å². The fourth-order valence-corrected chi connectivity index (χ4v) is 2.44. The molecule has 0 saturated heterocycles. The second kappa shape index (κ2) is 6.41. The average molecular weight is 305 g/mol. The number of aryl methyl sites for hydroxylation is 1. The number of carboxylic acids is 1. The molecule has 1 amide bonds. The molecule has 6 heteroatoms. The van der Waals surface area contributed by atoms with Crippen molar-refractivity contribution in [3.8, 4) is 0 Å². The van der Waals surface area contributed by atoms with E-state index in [2.05, 4.69) is 0 Å². The van der Waals surface area contributed by atoms with Crippen molar-refractivity contribution in [2.45, 2.75) is 13.5 Å². The van der Waals surface area contributed by atoms with Gasteiger partial charge >= 0.3 is 5.97 Å². The van der Waals surface area contributed by atoms with Gasteiger partial charge in [-0.3, -0.25) is 4.79 Å². The third-order valence-corrected chi connectivity index (χ3v) is 3.63. The number of hydrogen-bond donors (Lipinski definition) is 1. The SMILES string of the molecule is Cc1oc(CN(C)C(=O)C=Cc2ccsc2)cc1C(=O)O. The van der Waals surface area contributed by atoms with Crippen LogP contribution in [0.25, 0.3) is 6.08 Å². The lowest BCUT2D eigenvalue weighted by Crippen LogP contribution is -2.23. The maximum atomic E-state index is 12.0.